The van der Waals surface area contributed by atoms with E-state index in [1.54, 1.807) is 12.1 Å². The summed E-state index contributed by atoms with van der Waals surface area (Å²) >= 11 is 7.96. The highest BCUT2D eigenvalue weighted by Gasteiger charge is 2.17. The van der Waals surface area contributed by atoms with Crippen LogP contribution in [0.2, 0.25) is 0 Å². The summed E-state index contributed by atoms with van der Waals surface area (Å²) in [7, 11) is 0. The number of hydrazone groups is 1. The van der Waals surface area contributed by atoms with Crippen LogP contribution in [0.1, 0.15) is 5.56 Å². The van der Waals surface area contributed by atoms with Crippen molar-refractivity contribution in [3.05, 3.63) is 93.1 Å². The van der Waals surface area contributed by atoms with Gasteiger partial charge in [0.15, 0.2) is 11.0 Å². The van der Waals surface area contributed by atoms with E-state index in [2.05, 4.69) is 52.6 Å². The lowest BCUT2D eigenvalue weighted by Crippen LogP contribution is -2.20. The number of hydrogen-bond acceptors (Lipinski definition) is 5. The van der Waals surface area contributed by atoms with E-state index < -0.39 is 5.82 Å². The highest BCUT2D eigenvalue weighted by molar-refractivity contribution is 9.10. The Labute approximate surface area is 210 Å². The van der Waals surface area contributed by atoms with Gasteiger partial charge < -0.3 is 0 Å². The third-order valence-electron chi connectivity index (χ3n) is 4.43. The topological polar surface area (TPSA) is 72.2 Å². The van der Waals surface area contributed by atoms with Crippen LogP contribution in [0.25, 0.3) is 17.1 Å². The van der Waals surface area contributed by atoms with E-state index >= 15 is 0 Å². The van der Waals surface area contributed by atoms with Crippen molar-refractivity contribution in [1.29, 1.82) is 0 Å². The minimum absolute atomic E-state index is 0.0573. The van der Waals surface area contributed by atoms with Crippen LogP contribution in [0.4, 0.5) is 4.39 Å². The second kappa shape index (κ2) is 10.9. The number of nitrogens with one attached hydrogen (secondary N) is 1. The number of nitrogens with zero attached hydrogens (tertiary/aromatic N) is 4. The maximum atomic E-state index is 13.8. The van der Waals surface area contributed by atoms with Gasteiger partial charge in [-0.3, -0.25) is 9.36 Å². The van der Waals surface area contributed by atoms with Crippen LogP contribution >= 0.6 is 43.6 Å². The van der Waals surface area contributed by atoms with Gasteiger partial charge in [-0.25, -0.2) is 9.82 Å². The van der Waals surface area contributed by atoms with Crippen LogP contribution in [-0.4, -0.2) is 32.6 Å². The molecule has 0 atom stereocenters. The largest absolute Gasteiger partial charge is 0.272 e. The molecule has 4 rings (SSSR count). The van der Waals surface area contributed by atoms with E-state index in [1.807, 2.05) is 59.2 Å². The number of benzene rings is 3. The first-order valence-corrected chi connectivity index (χ1v) is 12.2. The van der Waals surface area contributed by atoms with Gasteiger partial charge in [-0.05, 0) is 42.5 Å². The summed E-state index contributed by atoms with van der Waals surface area (Å²) in [6.45, 7) is 0. The smallest absolute Gasteiger partial charge is 0.250 e. The highest BCUT2D eigenvalue weighted by atomic mass is 79.9. The molecule has 3 aromatic carbocycles. The minimum Gasteiger partial charge on any atom is -0.272 e. The lowest BCUT2D eigenvalue weighted by Gasteiger charge is -2.10. The molecule has 1 amide bonds. The van der Waals surface area contributed by atoms with Gasteiger partial charge >= 0.3 is 0 Å². The summed E-state index contributed by atoms with van der Waals surface area (Å²) in [5, 5.41) is 13.1. The van der Waals surface area contributed by atoms with E-state index in [0.29, 0.717) is 15.5 Å². The van der Waals surface area contributed by atoms with Crippen LogP contribution < -0.4 is 5.43 Å². The van der Waals surface area contributed by atoms with Gasteiger partial charge in [-0.15, -0.1) is 10.2 Å². The summed E-state index contributed by atoms with van der Waals surface area (Å²) in [5.41, 5.74) is 4.46. The van der Waals surface area contributed by atoms with Crippen LogP contribution in [0, 0.1) is 5.82 Å². The molecule has 1 aromatic heterocycles. The van der Waals surface area contributed by atoms with Crippen molar-refractivity contribution in [2.45, 2.75) is 5.16 Å². The van der Waals surface area contributed by atoms with Crippen LogP contribution in [0.15, 0.2) is 92.0 Å². The first-order valence-electron chi connectivity index (χ1n) is 9.68. The Morgan fingerprint density at radius 2 is 1.76 bits per heavy atom. The van der Waals surface area contributed by atoms with Crippen LogP contribution in [0.5, 0.6) is 0 Å². The molecule has 1 N–H and O–H groups in total. The Bertz CT molecular complexity index is 1300. The average molecular weight is 589 g/mol. The highest BCUT2D eigenvalue weighted by Crippen LogP contribution is 2.28. The van der Waals surface area contributed by atoms with Gasteiger partial charge in [0, 0.05) is 25.8 Å². The molecule has 4 aromatic rings. The number of carbonyl (C=O) groups excluding carboxylic acids is 1. The number of carbonyl (C=O) groups is 1. The number of aromatic nitrogens is 3. The number of rotatable bonds is 7. The standard InChI is InChI=1S/C23H16Br2FN5OS/c24-17-6-9-19(10-7-17)31-22(15-4-2-1-3-5-15)29-30-23(31)33-14-21(32)28-27-13-16-12-18(25)8-11-20(16)26/h1-13H,14H2,(H,28,32)/b27-13-. The maximum absolute atomic E-state index is 13.8. The minimum atomic E-state index is -0.429. The predicted molar refractivity (Wildman–Crippen MR) is 135 cm³/mol. The summed E-state index contributed by atoms with van der Waals surface area (Å²) in [5.74, 6) is -0.0502. The fourth-order valence-corrected chi connectivity index (χ4v) is 4.30. The van der Waals surface area contributed by atoms with Crippen molar-refractivity contribution in [3.63, 3.8) is 0 Å². The number of amides is 1. The Morgan fingerprint density at radius 3 is 2.52 bits per heavy atom. The molecule has 10 heteroatoms. The Kier molecular flexibility index (Phi) is 7.69. The molecule has 0 bridgehead atoms. The number of halogens is 3. The lowest BCUT2D eigenvalue weighted by molar-refractivity contribution is -0.118. The average Bonchev–Trinajstić information content (AvgIpc) is 3.25. The van der Waals surface area contributed by atoms with Gasteiger partial charge in [0.2, 0.25) is 0 Å². The van der Waals surface area contributed by atoms with Crippen molar-refractivity contribution in [3.8, 4) is 17.1 Å². The summed E-state index contributed by atoms with van der Waals surface area (Å²) < 4.78 is 17.4. The van der Waals surface area contributed by atoms with E-state index in [-0.39, 0.29) is 17.2 Å². The quantitative estimate of drug-likeness (QED) is 0.167. The first kappa shape index (κ1) is 23.3. The molecule has 0 aliphatic rings. The second-order valence-corrected chi connectivity index (χ2v) is 9.51. The van der Waals surface area contributed by atoms with Gasteiger partial charge in [-0.2, -0.15) is 5.10 Å². The second-order valence-electron chi connectivity index (χ2n) is 6.73. The molecule has 166 valence electrons. The molecule has 0 saturated heterocycles. The Balaban J connectivity index is 1.50. The molecule has 0 radical (unpaired) electrons. The number of thioether (sulfide) groups is 1. The summed E-state index contributed by atoms with van der Waals surface area (Å²) in [6, 6.07) is 22.0. The van der Waals surface area contributed by atoms with Crippen molar-refractivity contribution < 1.29 is 9.18 Å². The molecule has 0 fully saturated rings. The van der Waals surface area contributed by atoms with Gasteiger partial charge in [0.1, 0.15) is 5.82 Å². The van der Waals surface area contributed by atoms with Crippen LogP contribution in [0.3, 0.4) is 0 Å². The molecular weight excluding hydrogens is 573 g/mol. The lowest BCUT2D eigenvalue weighted by atomic mass is 10.2. The molecule has 0 spiro atoms. The van der Waals surface area contributed by atoms with Gasteiger partial charge in [-0.1, -0.05) is 74.0 Å². The fraction of sp³-hybridized carbons (Fsp3) is 0.0435. The van der Waals surface area contributed by atoms with E-state index in [1.165, 1.54) is 24.0 Å². The Hall–Kier alpha value is -2.82. The van der Waals surface area contributed by atoms with E-state index in [9.17, 15) is 9.18 Å². The Morgan fingerprint density at radius 1 is 1.03 bits per heavy atom. The molecule has 0 aliphatic heterocycles. The SMILES string of the molecule is O=C(CSc1nnc(-c2ccccc2)n1-c1ccc(Br)cc1)N/N=C\c1cc(Br)ccc1F. The normalized spacial score (nSPS) is 11.1. The maximum Gasteiger partial charge on any atom is 0.250 e. The number of hydrogen-bond donors (Lipinski definition) is 1. The van der Waals surface area contributed by atoms with Crippen molar-refractivity contribution >= 4 is 55.7 Å². The zero-order chi connectivity index (χ0) is 23.2. The summed E-state index contributed by atoms with van der Waals surface area (Å²) in [6.07, 6.45) is 1.26. The zero-order valence-electron chi connectivity index (χ0n) is 17.0. The zero-order valence-corrected chi connectivity index (χ0v) is 20.9. The van der Waals surface area contributed by atoms with Crippen LogP contribution in [-0.2, 0) is 4.79 Å². The molecule has 0 saturated carbocycles. The fourth-order valence-electron chi connectivity index (χ4n) is 2.91. The molecule has 1 heterocycles. The predicted octanol–water partition coefficient (Wildman–Crippen LogP) is 5.84. The van der Waals surface area contributed by atoms with Gasteiger partial charge in [0.25, 0.3) is 5.91 Å². The van der Waals surface area contributed by atoms with E-state index in [4.69, 9.17) is 0 Å². The third-order valence-corrected chi connectivity index (χ3v) is 6.38. The first-order chi connectivity index (χ1) is 16.0. The molecular formula is C23H16Br2FN5OS. The van der Waals surface area contributed by atoms with E-state index in [0.717, 1.165) is 15.7 Å². The van der Waals surface area contributed by atoms with Crippen molar-refractivity contribution in [2.75, 3.05) is 5.75 Å². The van der Waals surface area contributed by atoms with Crippen molar-refractivity contribution in [2.24, 2.45) is 5.10 Å². The molecule has 0 unspecified atom stereocenters. The third kappa shape index (κ3) is 5.95. The molecule has 0 aliphatic carbocycles. The van der Waals surface area contributed by atoms with Gasteiger partial charge in [0.05, 0.1) is 12.0 Å². The molecule has 6 nitrogen and oxygen atoms in total. The van der Waals surface area contributed by atoms with Crippen molar-refractivity contribution in [1.82, 2.24) is 20.2 Å². The summed E-state index contributed by atoms with van der Waals surface area (Å²) in [4.78, 5) is 12.3. The molecule has 33 heavy (non-hydrogen) atoms. The monoisotopic (exact) mass is 587 g/mol.